The quantitative estimate of drug-likeness (QED) is 0.309. The van der Waals surface area contributed by atoms with Gasteiger partial charge >= 0.3 is 0 Å². The first kappa shape index (κ1) is 24.2. The Morgan fingerprint density at radius 2 is 1.97 bits per heavy atom. The summed E-state index contributed by atoms with van der Waals surface area (Å²) in [5.41, 5.74) is 11.5. The van der Waals surface area contributed by atoms with Crippen LogP contribution < -0.4 is 5.73 Å². The number of nitrogens with zero attached hydrogens (tertiary/aromatic N) is 8. The zero-order chi connectivity index (χ0) is 27.1. The average Bonchev–Trinajstić information content (AvgIpc) is 3.74. The number of ketones is 1. The van der Waals surface area contributed by atoms with Gasteiger partial charge in [0.05, 0.1) is 29.3 Å². The van der Waals surface area contributed by atoms with Crippen molar-refractivity contribution in [2.24, 2.45) is 0 Å². The molecule has 3 N–H and O–H groups in total. The highest BCUT2D eigenvalue weighted by atomic mass is 16.2. The molecule has 1 aliphatic rings. The summed E-state index contributed by atoms with van der Waals surface area (Å²) in [4.78, 5) is 36.2. The highest BCUT2D eigenvalue weighted by molar-refractivity contribution is 6.00. The second-order valence-electron chi connectivity index (χ2n) is 9.60. The van der Waals surface area contributed by atoms with Crippen LogP contribution in [-0.4, -0.2) is 62.2 Å². The number of aryl methyl sites for hydroxylation is 1. The van der Waals surface area contributed by atoms with Crippen molar-refractivity contribution in [2.75, 3.05) is 5.73 Å². The van der Waals surface area contributed by atoms with Crippen LogP contribution in [0.3, 0.4) is 0 Å². The number of Topliss-reactive ketones (excluding diaryl/α,β-unsaturated/α-hetero) is 1. The van der Waals surface area contributed by atoms with Crippen LogP contribution in [0.4, 0.5) is 5.82 Å². The molecule has 5 heterocycles. The number of benzene rings is 1. The Morgan fingerprint density at radius 1 is 1.15 bits per heavy atom. The second kappa shape index (κ2) is 9.63. The zero-order valence-electron chi connectivity index (χ0n) is 21.4. The van der Waals surface area contributed by atoms with Crippen molar-refractivity contribution in [1.29, 1.82) is 0 Å². The summed E-state index contributed by atoms with van der Waals surface area (Å²) in [5.74, 6) is -0.0302. The molecule has 0 saturated heterocycles. The largest absolute Gasteiger partial charge is 0.383 e. The summed E-state index contributed by atoms with van der Waals surface area (Å²) in [7, 11) is 0. The molecule has 1 aliphatic heterocycles. The van der Waals surface area contributed by atoms with Gasteiger partial charge in [-0.1, -0.05) is 23.8 Å². The number of para-hydroxylation sites is 1. The zero-order valence-corrected chi connectivity index (χ0v) is 21.4. The first-order valence-corrected chi connectivity index (χ1v) is 12.5. The highest BCUT2D eigenvalue weighted by Gasteiger charge is 2.31. The number of nitrogens with two attached hydrogens (primary N) is 1. The first-order valence-electron chi connectivity index (χ1n) is 12.5. The molecular weight excluding hydrogens is 496 g/mol. The minimum Gasteiger partial charge on any atom is -0.383 e. The normalized spacial score (nSPS) is 15.2. The molecule has 1 atom stereocenters. The van der Waals surface area contributed by atoms with E-state index in [1.54, 1.807) is 22.0 Å². The Kier molecular flexibility index (Phi) is 5.98. The third-order valence-corrected chi connectivity index (χ3v) is 6.90. The van der Waals surface area contributed by atoms with Crippen LogP contribution in [0.5, 0.6) is 0 Å². The van der Waals surface area contributed by atoms with Crippen molar-refractivity contribution >= 4 is 23.2 Å². The third kappa shape index (κ3) is 4.35. The van der Waals surface area contributed by atoms with Gasteiger partial charge in [-0.15, -0.1) is 0 Å². The molecule has 1 amide bonds. The first-order chi connectivity index (χ1) is 18.9. The average molecular weight is 523 g/mol. The molecule has 12 heteroatoms. The molecule has 0 bridgehead atoms. The summed E-state index contributed by atoms with van der Waals surface area (Å²) in [6.07, 6.45) is 10.2. The number of nitrogen functional groups attached to an aromatic ring is 1. The number of anilines is 1. The molecule has 0 fully saturated rings. The molecule has 0 spiro atoms. The summed E-state index contributed by atoms with van der Waals surface area (Å²) in [5, 5.41) is 15.3. The van der Waals surface area contributed by atoms with Crippen molar-refractivity contribution < 1.29 is 9.59 Å². The SMILES string of the molecule is CC(=O)c1c(CCC2CC(C)=CN2C(=O)c2ncn[nH]2)nc2c(-c3cnn(-c4ccccc4)c3)cnn2c1N. The van der Waals surface area contributed by atoms with Crippen molar-refractivity contribution in [1.82, 2.24) is 44.5 Å². The van der Waals surface area contributed by atoms with Gasteiger partial charge in [0.15, 0.2) is 11.4 Å². The monoisotopic (exact) mass is 522 g/mol. The predicted octanol–water partition coefficient (Wildman–Crippen LogP) is 3.24. The standard InChI is InChI=1S/C27H26N10O2/c1-16-10-20(35(13-16)27(39)25-29-15-30-34-25)8-9-22-23(17(2)38)24(28)37-26(33-22)21(12-32-37)18-11-31-36(14-18)19-6-4-3-5-7-19/h3-7,11-15,20H,8-10,28H2,1-2H3,(H,29,30,34). The number of H-pyrrole nitrogens is 1. The Balaban J connectivity index is 1.33. The van der Waals surface area contributed by atoms with Crippen LogP contribution in [0, 0.1) is 0 Å². The predicted molar refractivity (Wildman–Crippen MR) is 143 cm³/mol. The number of hydrogen-bond donors (Lipinski definition) is 2. The fourth-order valence-electron chi connectivity index (χ4n) is 5.08. The maximum absolute atomic E-state index is 13.0. The number of carbonyl (C=O) groups excluding carboxylic acids is 2. The maximum Gasteiger partial charge on any atom is 0.295 e. The molecule has 1 aromatic carbocycles. The van der Waals surface area contributed by atoms with Crippen LogP contribution in [0.2, 0.25) is 0 Å². The van der Waals surface area contributed by atoms with E-state index in [0.717, 1.165) is 22.4 Å². The molecule has 196 valence electrons. The van der Waals surface area contributed by atoms with E-state index in [9.17, 15) is 9.59 Å². The number of carbonyl (C=O) groups is 2. The molecule has 6 rings (SSSR count). The Labute approximate surface area is 223 Å². The molecule has 5 aromatic rings. The molecule has 12 nitrogen and oxygen atoms in total. The van der Waals surface area contributed by atoms with E-state index in [2.05, 4.69) is 25.4 Å². The molecule has 0 saturated carbocycles. The lowest BCUT2D eigenvalue weighted by atomic mass is 10.0. The Bertz CT molecular complexity index is 1720. The van der Waals surface area contributed by atoms with Crippen LogP contribution in [0.15, 0.2) is 67.0 Å². The van der Waals surface area contributed by atoms with Crippen LogP contribution in [0.25, 0.3) is 22.5 Å². The van der Waals surface area contributed by atoms with Gasteiger partial charge in [-0.3, -0.25) is 14.7 Å². The van der Waals surface area contributed by atoms with E-state index in [-0.39, 0.29) is 29.4 Å². The van der Waals surface area contributed by atoms with Crippen molar-refractivity contribution in [2.45, 2.75) is 39.2 Å². The number of rotatable bonds is 7. The Hall–Kier alpha value is -5.13. The highest BCUT2D eigenvalue weighted by Crippen LogP contribution is 2.30. The number of nitrogens with one attached hydrogen (secondary N) is 1. The lowest BCUT2D eigenvalue weighted by Gasteiger charge is -2.23. The number of aromatic amines is 1. The van der Waals surface area contributed by atoms with E-state index in [1.165, 1.54) is 17.8 Å². The molecule has 4 aromatic heterocycles. The summed E-state index contributed by atoms with van der Waals surface area (Å²) >= 11 is 0. The van der Waals surface area contributed by atoms with Gasteiger partial charge in [-0.25, -0.2) is 14.6 Å². The minimum absolute atomic E-state index is 0.116. The van der Waals surface area contributed by atoms with Gasteiger partial charge in [-0.2, -0.15) is 19.8 Å². The topological polar surface area (TPSA) is 153 Å². The lowest BCUT2D eigenvalue weighted by Crippen LogP contribution is -2.34. The molecule has 1 unspecified atom stereocenters. The van der Waals surface area contributed by atoms with Crippen molar-refractivity contribution in [3.05, 3.63) is 84.1 Å². The second-order valence-corrected chi connectivity index (χ2v) is 9.60. The van der Waals surface area contributed by atoms with Crippen LogP contribution >= 0.6 is 0 Å². The fourth-order valence-corrected chi connectivity index (χ4v) is 5.08. The van der Waals surface area contributed by atoms with Crippen molar-refractivity contribution in [3.63, 3.8) is 0 Å². The van der Waals surface area contributed by atoms with Crippen LogP contribution in [-0.2, 0) is 6.42 Å². The van der Waals surface area contributed by atoms with E-state index in [1.807, 2.05) is 49.7 Å². The smallest absolute Gasteiger partial charge is 0.295 e. The van der Waals surface area contributed by atoms with Gasteiger partial charge in [0, 0.05) is 29.6 Å². The van der Waals surface area contributed by atoms with E-state index >= 15 is 0 Å². The summed E-state index contributed by atoms with van der Waals surface area (Å²) in [6.45, 7) is 3.45. The van der Waals surface area contributed by atoms with Crippen LogP contribution in [0.1, 0.15) is 53.4 Å². The van der Waals surface area contributed by atoms with E-state index in [4.69, 9.17) is 10.7 Å². The van der Waals surface area contributed by atoms with E-state index in [0.29, 0.717) is 36.2 Å². The molecular formula is C27H26N10O2. The number of fused-ring (bicyclic) bond motifs is 1. The fraction of sp³-hybridized carbons (Fsp3) is 0.222. The van der Waals surface area contributed by atoms with Gasteiger partial charge in [-0.05, 0) is 45.2 Å². The number of amides is 1. The maximum atomic E-state index is 13.0. The van der Waals surface area contributed by atoms with Gasteiger partial charge in [0.25, 0.3) is 5.91 Å². The molecule has 39 heavy (non-hydrogen) atoms. The van der Waals surface area contributed by atoms with Gasteiger partial charge in [0.1, 0.15) is 12.1 Å². The number of hydrogen-bond acceptors (Lipinski definition) is 8. The number of aromatic nitrogens is 8. The lowest BCUT2D eigenvalue weighted by molar-refractivity contribution is 0.0767. The van der Waals surface area contributed by atoms with Gasteiger partial charge in [0.2, 0.25) is 5.82 Å². The molecule has 0 aliphatic carbocycles. The summed E-state index contributed by atoms with van der Waals surface area (Å²) < 4.78 is 3.28. The molecule has 0 radical (unpaired) electrons. The van der Waals surface area contributed by atoms with Gasteiger partial charge < -0.3 is 10.6 Å². The Morgan fingerprint density at radius 3 is 2.72 bits per heavy atom. The third-order valence-electron chi connectivity index (χ3n) is 6.90. The van der Waals surface area contributed by atoms with Crippen molar-refractivity contribution in [3.8, 4) is 16.8 Å². The van der Waals surface area contributed by atoms with E-state index < -0.39 is 0 Å². The summed E-state index contributed by atoms with van der Waals surface area (Å²) in [6, 6.07) is 9.67. The minimum atomic E-state index is -0.252.